The van der Waals surface area contributed by atoms with Crippen LogP contribution in [0.25, 0.3) is 0 Å². The van der Waals surface area contributed by atoms with Crippen molar-refractivity contribution in [3.63, 3.8) is 0 Å². The van der Waals surface area contributed by atoms with E-state index >= 15 is 0 Å². The average molecular weight is 279 g/mol. The summed E-state index contributed by atoms with van der Waals surface area (Å²) in [6, 6.07) is 4.35. The van der Waals surface area contributed by atoms with E-state index in [1.54, 1.807) is 14.2 Å². The smallest absolute Gasteiger partial charge is 0.161 e. The van der Waals surface area contributed by atoms with Crippen molar-refractivity contribution in [3.8, 4) is 11.5 Å². The second-order valence-electron chi connectivity index (χ2n) is 5.43. The molecule has 1 fully saturated rings. The molecule has 2 aliphatic heterocycles. The van der Waals surface area contributed by atoms with Gasteiger partial charge in [0.1, 0.15) is 0 Å². The largest absolute Gasteiger partial charge is 0.493 e. The third kappa shape index (κ3) is 2.01. The van der Waals surface area contributed by atoms with Crippen LogP contribution >= 0.6 is 11.8 Å². The molecule has 2 aliphatic rings. The lowest BCUT2D eigenvalue weighted by Crippen LogP contribution is -2.53. The maximum absolute atomic E-state index is 5.48. The van der Waals surface area contributed by atoms with Crippen molar-refractivity contribution >= 4 is 11.8 Å². The monoisotopic (exact) mass is 279 g/mol. The third-order valence-electron chi connectivity index (χ3n) is 4.43. The van der Waals surface area contributed by atoms with Crippen molar-refractivity contribution in [3.05, 3.63) is 23.3 Å². The molecule has 0 saturated carbocycles. The second-order valence-corrected chi connectivity index (χ2v) is 6.53. The van der Waals surface area contributed by atoms with Gasteiger partial charge in [0.25, 0.3) is 0 Å². The standard InChI is InChI=1S/C15H21NO2S/c1-15-10-19-7-6-16(15)5-4-11-8-13(17-2)14(18-3)9-12(11)15/h8-9H,4-7,10H2,1-3H3. The molecule has 0 N–H and O–H groups in total. The molecule has 104 valence electrons. The summed E-state index contributed by atoms with van der Waals surface area (Å²) >= 11 is 2.05. The maximum Gasteiger partial charge on any atom is 0.161 e. The Kier molecular flexibility index (Phi) is 3.39. The Morgan fingerprint density at radius 3 is 2.63 bits per heavy atom. The van der Waals surface area contributed by atoms with Gasteiger partial charge in [-0.15, -0.1) is 0 Å². The summed E-state index contributed by atoms with van der Waals surface area (Å²) in [5.41, 5.74) is 2.98. The van der Waals surface area contributed by atoms with Crippen molar-refractivity contribution in [2.75, 3.05) is 38.8 Å². The summed E-state index contributed by atoms with van der Waals surface area (Å²) in [7, 11) is 3.42. The van der Waals surface area contributed by atoms with Gasteiger partial charge in [0.2, 0.25) is 0 Å². The van der Waals surface area contributed by atoms with Crippen LogP contribution in [-0.2, 0) is 12.0 Å². The molecule has 0 radical (unpaired) electrons. The Morgan fingerprint density at radius 1 is 1.16 bits per heavy atom. The third-order valence-corrected chi connectivity index (χ3v) is 5.66. The number of ether oxygens (including phenoxy) is 2. The van der Waals surface area contributed by atoms with Crippen molar-refractivity contribution in [1.82, 2.24) is 4.90 Å². The van der Waals surface area contributed by atoms with Gasteiger partial charge in [-0.3, -0.25) is 4.90 Å². The van der Waals surface area contributed by atoms with Gasteiger partial charge < -0.3 is 9.47 Å². The first-order valence-electron chi connectivity index (χ1n) is 6.77. The molecule has 3 rings (SSSR count). The topological polar surface area (TPSA) is 21.7 Å². The van der Waals surface area contributed by atoms with Crippen LogP contribution in [0.4, 0.5) is 0 Å². The zero-order valence-electron chi connectivity index (χ0n) is 11.9. The van der Waals surface area contributed by atoms with Crippen LogP contribution in [0.2, 0.25) is 0 Å². The summed E-state index contributed by atoms with van der Waals surface area (Å²) < 4.78 is 10.9. The molecule has 0 amide bonds. The lowest BCUT2D eigenvalue weighted by Gasteiger charge is -2.49. The average Bonchev–Trinajstić information content (AvgIpc) is 2.45. The van der Waals surface area contributed by atoms with Gasteiger partial charge in [0.05, 0.1) is 19.8 Å². The van der Waals surface area contributed by atoms with E-state index in [4.69, 9.17) is 9.47 Å². The Hall–Kier alpha value is -0.870. The molecule has 0 bridgehead atoms. The van der Waals surface area contributed by atoms with Gasteiger partial charge in [-0.1, -0.05) is 0 Å². The molecule has 3 nitrogen and oxygen atoms in total. The first-order chi connectivity index (χ1) is 9.19. The fourth-order valence-corrected chi connectivity index (χ4v) is 4.50. The number of hydrogen-bond acceptors (Lipinski definition) is 4. The Bertz CT molecular complexity index is 491. The van der Waals surface area contributed by atoms with Crippen LogP contribution in [0.5, 0.6) is 11.5 Å². The highest BCUT2D eigenvalue weighted by molar-refractivity contribution is 7.99. The summed E-state index contributed by atoms with van der Waals surface area (Å²) in [5.74, 6) is 4.11. The van der Waals surface area contributed by atoms with E-state index in [-0.39, 0.29) is 5.54 Å². The lowest BCUT2D eigenvalue weighted by atomic mass is 9.82. The Morgan fingerprint density at radius 2 is 1.89 bits per heavy atom. The minimum Gasteiger partial charge on any atom is -0.493 e. The van der Waals surface area contributed by atoms with Gasteiger partial charge in [-0.05, 0) is 36.6 Å². The van der Waals surface area contributed by atoms with E-state index in [2.05, 4.69) is 35.7 Å². The van der Waals surface area contributed by atoms with E-state index in [0.29, 0.717) is 0 Å². The van der Waals surface area contributed by atoms with Gasteiger partial charge in [0.15, 0.2) is 11.5 Å². The predicted octanol–water partition coefficient (Wildman–Crippen LogP) is 2.52. The van der Waals surface area contributed by atoms with Crippen LogP contribution in [0.3, 0.4) is 0 Å². The van der Waals surface area contributed by atoms with Gasteiger partial charge in [0, 0.05) is 24.6 Å². The number of hydrogen-bond donors (Lipinski definition) is 0. The second kappa shape index (κ2) is 4.91. The number of fused-ring (bicyclic) bond motifs is 3. The SMILES string of the molecule is COc1cc2c(cc1OC)C1(C)CSCCN1CC2. The van der Waals surface area contributed by atoms with E-state index < -0.39 is 0 Å². The molecule has 1 saturated heterocycles. The zero-order chi connectivity index (χ0) is 13.5. The number of benzene rings is 1. The highest BCUT2D eigenvalue weighted by Gasteiger charge is 2.41. The number of nitrogens with zero attached hydrogens (tertiary/aromatic N) is 1. The van der Waals surface area contributed by atoms with Crippen LogP contribution in [-0.4, -0.2) is 43.7 Å². The Balaban J connectivity index is 2.10. The van der Waals surface area contributed by atoms with Gasteiger partial charge in [-0.2, -0.15) is 11.8 Å². The lowest BCUT2D eigenvalue weighted by molar-refractivity contribution is 0.114. The van der Waals surface area contributed by atoms with Gasteiger partial charge >= 0.3 is 0 Å². The molecule has 2 heterocycles. The van der Waals surface area contributed by atoms with Crippen LogP contribution in [0.15, 0.2) is 12.1 Å². The van der Waals surface area contributed by atoms with Crippen molar-refractivity contribution in [2.45, 2.75) is 18.9 Å². The summed E-state index contributed by atoms with van der Waals surface area (Å²) in [6.45, 7) is 4.71. The minimum atomic E-state index is 0.149. The molecule has 1 atom stereocenters. The van der Waals surface area contributed by atoms with E-state index in [1.807, 2.05) is 0 Å². The maximum atomic E-state index is 5.48. The molecule has 19 heavy (non-hydrogen) atoms. The first-order valence-corrected chi connectivity index (χ1v) is 7.92. The van der Waals surface area contributed by atoms with E-state index in [1.165, 1.54) is 23.4 Å². The Labute approximate surface area is 119 Å². The van der Waals surface area contributed by atoms with Crippen molar-refractivity contribution in [2.24, 2.45) is 0 Å². The van der Waals surface area contributed by atoms with E-state index in [0.717, 1.165) is 30.2 Å². The first kappa shape index (κ1) is 13.1. The number of methoxy groups -OCH3 is 2. The molecular formula is C15H21NO2S. The molecule has 0 aromatic heterocycles. The zero-order valence-corrected chi connectivity index (χ0v) is 12.7. The quantitative estimate of drug-likeness (QED) is 0.829. The molecule has 0 spiro atoms. The molecule has 0 aliphatic carbocycles. The van der Waals surface area contributed by atoms with Crippen LogP contribution in [0, 0.1) is 0 Å². The van der Waals surface area contributed by atoms with Crippen molar-refractivity contribution in [1.29, 1.82) is 0 Å². The van der Waals surface area contributed by atoms with Crippen LogP contribution in [0.1, 0.15) is 18.1 Å². The molecule has 4 heteroatoms. The van der Waals surface area contributed by atoms with E-state index in [9.17, 15) is 0 Å². The predicted molar refractivity (Wildman–Crippen MR) is 79.5 cm³/mol. The fourth-order valence-electron chi connectivity index (χ4n) is 3.28. The summed E-state index contributed by atoms with van der Waals surface area (Å²) in [5, 5.41) is 0. The normalized spacial score (nSPS) is 26.5. The highest BCUT2D eigenvalue weighted by atomic mass is 32.2. The summed E-state index contributed by atoms with van der Waals surface area (Å²) in [6.07, 6.45) is 1.11. The molecular weight excluding hydrogens is 258 g/mol. The molecule has 1 unspecified atom stereocenters. The highest BCUT2D eigenvalue weighted by Crippen LogP contribution is 2.44. The fraction of sp³-hybridized carbons (Fsp3) is 0.600. The minimum absolute atomic E-state index is 0.149. The van der Waals surface area contributed by atoms with Crippen molar-refractivity contribution < 1.29 is 9.47 Å². The molecule has 1 aromatic rings. The van der Waals surface area contributed by atoms with Crippen LogP contribution < -0.4 is 9.47 Å². The number of rotatable bonds is 2. The summed E-state index contributed by atoms with van der Waals surface area (Å²) in [4.78, 5) is 2.62. The molecule has 1 aromatic carbocycles. The van der Waals surface area contributed by atoms with Gasteiger partial charge in [-0.25, -0.2) is 0 Å². The number of thioether (sulfide) groups is 1.